The van der Waals surface area contributed by atoms with Crippen molar-refractivity contribution in [2.45, 2.75) is 38.5 Å². The lowest BCUT2D eigenvalue weighted by Crippen LogP contribution is -2.30. The second-order valence-corrected chi connectivity index (χ2v) is 8.16. The molecule has 2 heterocycles. The molecule has 0 bridgehead atoms. The first-order chi connectivity index (χ1) is 15.1. The van der Waals surface area contributed by atoms with E-state index in [0.29, 0.717) is 5.56 Å². The Kier molecular flexibility index (Phi) is 6.47. The highest BCUT2D eigenvalue weighted by molar-refractivity contribution is 5.88. The zero-order valence-corrected chi connectivity index (χ0v) is 17.9. The standard InChI is InChI=1S/C25H29NO5/c1-30-25-20(27)13-12-19-21(28)22(29)23(31-24(19)25)18-10-8-17(9-11-18)7-3-6-16-26-14-4-2-5-15-26/h8-13,27,29H,2-7,14-16H2,1H3. The number of hydrogen-bond acceptors (Lipinski definition) is 6. The number of nitrogens with zero attached hydrogens (tertiary/aromatic N) is 1. The molecule has 2 aromatic carbocycles. The Bertz CT molecular complexity index is 1100. The highest BCUT2D eigenvalue weighted by atomic mass is 16.5. The molecule has 0 spiro atoms. The first kappa shape index (κ1) is 21.2. The molecular formula is C25H29NO5. The van der Waals surface area contributed by atoms with Crippen molar-refractivity contribution in [2.24, 2.45) is 0 Å². The molecule has 0 atom stereocenters. The normalized spacial score (nSPS) is 14.7. The van der Waals surface area contributed by atoms with E-state index in [1.807, 2.05) is 24.3 Å². The molecule has 6 heteroatoms. The molecule has 1 aliphatic heterocycles. The van der Waals surface area contributed by atoms with Crippen LogP contribution in [-0.2, 0) is 6.42 Å². The second-order valence-electron chi connectivity index (χ2n) is 8.16. The summed E-state index contributed by atoms with van der Waals surface area (Å²) >= 11 is 0. The third-order valence-electron chi connectivity index (χ3n) is 6.03. The summed E-state index contributed by atoms with van der Waals surface area (Å²) in [6.07, 6.45) is 7.32. The van der Waals surface area contributed by atoms with Crippen LogP contribution in [0.25, 0.3) is 22.3 Å². The Morgan fingerprint density at radius 3 is 2.45 bits per heavy atom. The van der Waals surface area contributed by atoms with E-state index in [1.54, 1.807) is 0 Å². The molecule has 1 aromatic heterocycles. The van der Waals surface area contributed by atoms with Crippen LogP contribution in [0.2, 0.25) is 0 Å². The molecule has 0 amide bonds. The fourth-order valence-corrected chi connectivity index (χ4v) is 4.28. The molecule has 1 fully saturated rings. The Hall–Kier alpha value is -2.99. The van der Waals surface area contributed by atoms with Crippen molar-refractivity contribution in [1.82, 2.24) is 4.90 Å². The number of rotatable bonds is 7. The number of piperidine rings is 1. The van der Waals surface area contributed by atoms with Crippen molar-refractivity contribution in [3.05, 3.63) is 52.2 Å². The summed E-state index contributed by atoms with van der Waals surface area (Å²) in [5.41, 5.74) is 1.36. The van der Waals surface area contributed by atoms with E-state index in [2.05, 4.69) is 4.90 Å². The third-order valence-corrected chi connectivity index (χ3v) is 6.03. The SMILES string of the molecule is COc1c(O)ccc2c(=O)c(O)c(-c3ccc(CCCCN4CCCCC4)cc3)oc12. The van der Waals surface area contributed by atoms with E-state index in [-0.39, 0.29) is 28.2 Å². The Labute approximate surface area is 181 Å². The van der Waals surface area contributed by atoms with E-state index in [4.69, 9.17) is 9.15 Å². The Balaban J connectivity index is 1.49. The maximum absolute atomic E-state index is 12.6. The topological polar surface area (TPSA) is 83.1 Å². The predicted octanol–water partition coefficient (Wildman–Crippen LogP) is 4.69. The van der Waals surface area contributed by atoms with Gasteiger partial charge in [0.05, 0.1) is 12.5 Å². The van der Waals surface area contributed by atoms with Gasteiger partial charge < -0.3 is 24.3 Å². The first-order valence-corrected chi connectivity index (χ1v) is 11.0. The van der Waals surface area contributed by atoms with Gasteiger partial charge in [-0.25, -0.2) is 0 Å². The van der Waals surface area contributed by atoms with Crippen LogP contribution >= 0.6 is 0 Å². The summed E-state index contributed by atoms with van der Waals surface area (Å²) in [5.74, 6) is -0.441. The minimum Gasteiger partial charge on any atom is -0.504 e. The lowest BCUT2D eigenvalue weighted by atomic mass is 10.0. The summed E-state index contributed by atoms with van der Waals surface area (Å²) in [5, 5.41) is 20.6. The number of ether oxygens (including phenoxy) is 1. The highest BCUT2D eigenvalue weighted by Gasteiger charge is 2.19. The summed E-state index contributed by atoms with van der Waals surface area (Å²) in [6.45, 7) is 3.64. The van der Waals surface area contributed by atoms with Gasteiger partial charge in [-0.05, 0) is 69.4 Å². The Morgan fingerprint density at radius 2 is 1.74 bits per heavy atom. The number of phenolic OH excluding ortho intramolecular Hbond substituents is 1. The molecule has 1 saturated heterocycles. The number of benzene rings is 2. The zero-order chi connectivity index (χ0) is 21.8. The maximum atomic E-state index is 12.6. The van der Waals surface area contributed by atoms with Crippen molar-refractivity contribution < 1.29 is 19.4 Å². The average Bonchev–Trinajstić information content (AvgIpc) is 2.80. The van der Waals surface area contributed by atoms with Crippen LogP contribution in [0.15, 0.2) is 45.6 Å². The second kappa shape index (κ2) is 9.43. The zero-order valence-electron chi connectivity index (χ0n) is 17.9. The number of unbranched alkanes of at least 4 members (excludes halogenated alkanes) is 1. The van der Waals surface area contributed by atoms with E-state index in [9.17, 15) is 15.0 Å². The van der Waals surface area contributed by atoms with Crippen molar-refractivity contribution >= 4 is 11.0 Å². The molecule has 164 valence electrons. The van der Waals surface area contributed by atoms with Gasteiger partial charge in [0.25, 0.3) is 0 Å². The minimum atomic E-state index is -0.559. The maximum Gasteiger partial charge on any atom is 0.235 e. The van der Waals surface area contributed by atoms with Gasteiger partial charge in [-0.3, -0.25) is 4.79 Å². The summed E-state index contributed by atoms with van der Waals surface area (Å²) in [6, 6.07) is 10.4. The van der Waals surface area contributed by atoms with E-state index in [0.717, 1.165) is 12.8 Å². The summed E-state index contributed by atoms with van der Waals surface area (Å²) in [4.78, 5) is 15.2. The number of methoxy groups -OCH3 is 1. The number of aryl methyl sites for hydroxylation is 1. The van der Waals surface area contributed by atoms with Crippen LogP contribution in [0, 0.1) is 0 Å². The number of fused-ring (bicyclic) bond motifs is 1. The highest BCUT2D eigenvalue weighted by Crippen LogP contribution is 2.38. The van der Waals surface area contributed by atoms with E-state index >= 15 is 0 Å². The van der Waals surface area contributed by atoms with Crippen molar-refractivity contribution in [3.63, 3.8) is 0 Å². The molecule has 2 N–H and O–H groups in total. The molecule has 4 rings (SSSR count). The summed E-state index contributed by atoms with van der Waals surface area (Å²) in [7, 11) is 1.39. The molecular weight excluding hydrogens is 394 g/mol. The monoisotopic (exact) mass is 423 g/mol. The Morgan fingerprint density at radius 1 is 1.00 bits per heavy atom. The van der Waals surface area contributed by atoms with Crippen molar-refractivity contribution in [1.29, 1.82) is 0 Å². The van der Waals surface area contributed by atoms with Gasteiger partial charge in [0.1, 0.15) is 0 Å². The smallest absolute Gasteiger partial charge is 0.235 e. The van der Waals surface area contributed by atoms with Crippen LogP contribution in [0.1, 0.15) is 37.7 Å². The van der Waals surface area contributed by atoms with Gasteiger partial charge >= 0.3 is 0 Å². The van der Waals surface area contributed by atoms with Crippen molar-refractivity contribution in [3.8, 4) is 28.6 Å². The predicted molar refractivity (Wildman–Crippen MR) is 121 cm³/mol. The fraction of sp³-hybridized carbons (Fsp3) is 0.400. The van der Waals surface area contributed by atoms with Gasteiger partial charge in [-0.2, -0.15) is 0 Å². The lowest BCUT2D eigenvalue weighted by molar-refractivity contribution is 0.225. The molecule has 0 aliphatic carbocycles. The van der Waals surface area contributed by atoms with Gasteiger partial charge in [0.2, 0.25) is 16.9 Å². The molecule has 0 radical (unpaired) electrons. The molecule has 1 aliphatic rings. The number of phenols is 1. The molecule has 31 heavy (non-hydrogen) atoms. The fourth-order valence-electron chi connectivity index (χ4n) is 4.28. The van der Waals surface area contributed by atoms with Crippen LogP contribution in [0.5, 0.6) is 17.2 Å². The van der Waals surface area contributed by atoms with Gasteiger partial charge in [0, 0.05) is 5.56 Å². The van der Waals surface area contributed by atoms with Gasteiger partial charge in [-0.15, -0.1) is 0 Å². The molecule has 6 nitrogen and oxygen atoms in total. The lowest BCUT2D eigenvalue weighted by Gasteiger charge is -2.26. The van der Waals surface area contributed by atoms with Crippen molar-refractivity contribution in [2.75, 3.05) is 26.7 Å². The third kappa shape index (κ3) is 4.54. The van der Waals surface area contributed by atoms with Gasteiger partial charge in [-0.1, -0.05) is 30.7 Å². The largest absolute Gasteiger partial charge is 0.504 e. The number of aromatic hydroxyl groups is 2. The first-order valence-electron chi connectivity index (χ1n) is 11.0. The van der Waals surface area contributed by atoms with Crippen LogP contribution < -0.4 is 10.2 Å². The molecule has 3 aromatic rings. The summed E-state index contributed by atoms with van der Waals surface area (Å²) < 4.78 is 11.0. The van der Waals surface area contributed by atoms with Crippen LogP contribution in [0.3, 0.4) is 0 Å². The van der Waals surface area contributed by atoms with Crippen LogP contribution in [-0.4, -0.2) is 41.9 Å². The molecule has 0 saturated carbocycles. The van der Waals surface area contributed by atoms with Gasteiger partial charge in [0.15, 0.2) is 17.1 Å². The van der Waals surface area contributed by atoms with Crippen LogP contribution in [0.4, 0.5) is 0 Å². The quantitative estimate of drug-likeness (QED) is 0.537. The molecule has 0 unspecified atom stereocenters. The minimum absolute atomic E-state index is 0.0676. The average molecular weight is 424 g/mol. The number of hydrogen-bond donors (Lipinski definition) is 2. The van der Waals surface area contributed by atoms with E-state index < -0.39 is 11.2 Å². The van der Waals surface area contributed by atoms with E-state index in [1.165, 1.54) is 70.1 Å². The number of likely N-dealkylation sites (tertiary alicyclic amines) is 1.